The molecule has 3 nitrogen and oxygen atoms in total. The normalized spacial score (nSPS) is 19.3. The molecule has 1 fully saturated rings. The molecule has 1 saturated heterocycles. The van der Waals surface area contributed by atoms with E-state index in [4.69, 9.17) is 12.2 Å². The average molecular weight is 261 g/mol. The van der Waals surface area contributed by atoms with E-state index in [-0.39, 0.29) is 0 Å². The molecule has 0 saturated carbocycles. The van der Waals surface area contributed by atoms with Gasteiger partial charge in [0, 0.05) is 25.5 Å². The van der Waals surface area contributed by atoms with Crippen molar-refractivity contribution in [1.29, 1.82) is 0 Å². The second kappa shape index (κ2) is 6.50. The molecular formula is C14H19N3S. The van der Waals surface area contributed by atoms with E-state index in [0.717, 1.165) is 24.6 Å². The minimum Gasteiger partial charge on any atom is -0.359 e. The first-order chi connectivity index (χ1) is 8.83. The number of piperidine rings is 1. The van der Waals surface area contributed by atoms with Crippen molar-refractivity contribution in [1.82, 2.24) is 15.2 Å². The SMILES string of the molecule is C=CCNC(=S)N1CCCC[C@H]1c1cccnc1. The Hall–Kier alpha value is -1.42. The third-order valence-electron chi connectivity index (χ3n) is 3.23. The topological polar surface area (TPSA) is 28.2 Å². The third-order valence-corrected chi connectivity index (χ3v) is 3.61. The van der Waals surface area contributed by atoms with Crippen LogP contribution in [0.1, 0.15) is 30.9 Å². The number of aromatic nitrogens is 1. The van der Waals surface area contributed by atoms with E-state index in [1.165, 1.54) is 18.4 Å². The fraction of sp³-hybridized carbons (Fsp3) is 0.429. The molecule has 0 aliphatic carbocycles. The molecule has 1 aliphatic rings. The summed E-state index contributed by atoms with van der Waals surface area (Å²) in [4.78, 5) is 6.49. The van der Waals surface area contributed by atoms with Gasteiger partial charge in [-0.25, -0.2) is 0 Å². The highest BCUT2D eigenvalue weighted by Gasteiger charge is 2.25. The van der Waals surface area contributed by atoms with Crippen molar-refractivity contribution in [3.8, 4) is 0 Å². The van der Waals surface area contributed by atoms with Gasteiger partial charge in [0.25, 0.3) is 0 Å². The van der Waals surface area contributed by atoms with Crippen LogP contribution >= 0.6 is 12.2 Å². The highest BCUT2D eigenvalue weighted by Crippen LogP contribution is 2.30. The van der Waals surface area contributed by atoms with Crippen molar-refractivity contribution in [3.63, 3.8) is 0 Å². The van der Waals surface area contributed by atoms with E-state index < -0.39 is 0 Å². The van der Waals surface area contributed by atoms with Crippen molar-refractivity contribution in [2.75, 3.05) is 13.1 Å². The number of nitrogens with zero attached hydrogens (tertiary/aromatic N) is 2. The molecule has 2 rings (SSSR count). The molecule has 96 valence electrons. The highest BCUT2D eigenvalue weighted by molar-refractivity contribution is 7.80. The molecule has 1 N–H and O–H groups in total. The van der Waals surface area contributed by atoms with Crippen molar-refractivity contribution >= 4 is 17.3 Å². The fourth-order valence-corrected chi connectivity index (χ4v) is 2.66. The van der Waals surface area contributed by atoms with Crippen LogP contribution in [0.2, 0.25) is 0 Å². The van der Waals surface area contributed by atoms with Gasteiger partial charge in [-0.3, -0.25) is 4.98 Å². The summed E-state index contributed by atoms with van der Waals surface area (Å²) >= 11 is 5.46. The molecule has 0 unspecified atom stereocenters. The van der Waals surface area contributed by atoms with Gasteiger partial charge in [0.1, 0.15) is 0 Å². The van der Waals surface area contributed by atoms with Gasteiger partial charge in [-0.05, 0) is 43.1 Å². The number of hydrogen-bond acceptors (Lipinski definition) is 2. The zero-order chi connectivity index (χ0) is 12.8. The zero-order valence-electron chi connectivity index (χ0n) is 10.5. The number of nitrogens with one attached hydrogen (secondary N) is 1. The molecule has 0 bridgehead atoms. The molecule has 4 heteroatoms. The van der Waals surface area contributed by atoms with E-state index in [1.54, 1.807) is 0 Å². The van der Waals surface area contributed by atoms with Crippen LogP contribution in [0.25, 0.3) is 0 Å². The van der Waals surface area contributed by atoms with Crippen molar-refractivity contribution < 1.29 is 0 Å². The van der Waals surface area contributed by atoms with Crippen LogP contribution in [-0.2, 0) is 0 Å². The Kier molecular flexibility index (Phi) is 4.70. The third kappa shape index (κ3) is 3.07. The Morgan fingerprint density at radius 1 is 1.61 bits per heavy atom. The van der Waals surface area contributed by atoms with Gasteiger partial charge in [-0.15, -0.1) is 6.58 Å². The monoisotopic (exact) mass is 261 g/mol. The lowest BCUT2D eigenvalue weighted by molar-refractivity contribution is 0.242. The van der Waals surface area contributed by atoms with Gasteiger partial charge in [-0.2, -0.15) is 0 Å². The Morgan fingerprint density at radius 2 is 2.50 bits per heavy atom. The van der Waals surface area contributed by atoms with Crippen LogP contribution in [-0.4, -0.2) is 28.1 Å². The molecule has 18 heavy (non-hydrogen) atoms. The van der Waals surface area contributed by atoms with Crippen LogP contribution in [0.5, 0.6) is 0 Å². The number of thiocarbonyl (C=S) groups is 1. The van der Waals surface area contributed by atoms with Crippen LogP contribution in [0.15, 0.2) is 37.2 Å². The second-order valence-electron chi connectivity index (χ2n) is 4.47. The van der Waals surface area contributed by atoms with Crippen LogP contribution in [0, 0.1) is 0 Å². The Labute approximate surface area is 114 Å². The predicted molar refractivity (Wildman–Crippen MR) is 78.3 cm³/mol. The molecule has 0 aromatic carbocycles. The largest absolute Gasteiger partial charge is 0.359 e. The number of rotatable bonds is 3. The summed E-state index contributed by atoms with van der Waals surface area (Å²) in [5.74, 6) is 0. The number of pyridine rings is 1. The number of hydrogen-bond donors (Lipinski definition) is 1. The van der Waals surface area contributed by atoms with E-state index in [0.29, 0.717) is 6.04 Å². The maximum absolute atomic E-state index is 5.46. The van der Waals surface area contributed by atoms with E-state index in [2.05, 4.69) is 27.8 Å². The first-order valence-electron chi connectivity index (χ1n) is 6.38. The van der Waals surface area contributed by atoms with Crippen LogP contribution in [0.3, 0.4) is 0 Å². The van der Waals surface area contributed by atoms with Gasteiger partial charge < -0.3 is 10.2 Å². The summed E-state index contributed by atoms with van der Waals surface area (Å²) in [5, 5.41) is 4.04. The Bertz CT molecular complexity index is 405. The number of likely N-dealkylation sites (tertiary alicyclic amines) is 1. The van der Waals surface area contributed by atoms with Crippen LogP contribution < -0.4 is 5.32 Å². The minimum atomic E-state index is 0.359. The fourth-order valence-electron chi connectivity index (χ4n) is 2.36. The summed E-state index contributed by atoms with van der Waals surface area (Å²) < 4.78 is 0. The van der Waals surface area contributed by atoms with Crippen molar-refractivity contribution in [2.24, 2.45) is 0 Å². The second-order valence-corrected chi connectivity index (χ2v) is 4.85. The Balaban J connectivity index is 2.11. The van der Waals surface area contributed by atoms with E-state index in [1.807, 2.05) is 24.5 Å². The van der Waals surface area contributed by atoms with Crippen molar-refractivity contribution in [2.45, 2.75) is 25.3 Å². The van der Waals surface area contributed by atoms with E-state index in [9.17, 15) is 0 Å². The average Bonchev–Trinajstić information content (AvgIpc) is 2.45. The molecule has 1 aromatic heterocycles. The van der Waals surface area contributed by atoms with Gasteiger partial charge in [0.05, 0.1) is 6.04 Å². The van der Waals surface area contributed by atoms with Gasteiger partial charge >= 0.3 is 0 Å². The summed E-state index contributed by atoms with van der Waals surface area (Å²) in [7, 11) is 0. The summed E-state index contributed by atoms with van der Waals surface area (Å²) in [6.45, 7) is 5.44. The molecular weight excluding hydrogens is 242 g/mol. The van der Waals surface area contributed by atoms with Gasteiger partial charge in [-0.1, -0.05) is 12.1 Å². The summed E-state index contributed by atoms with van der Waals surface area (Å²) in [6, 6.07) is 4.48. The van der Waals surface area contributed by atoms with Gasteiger partial charge in [0.15, 0.2) is 5.11 Å². The lowest BCUT2D eigenvalue weighted by Crippen LogP contribution is -2.44. The quantitative estimate of drug-likeness (QED) is 0.669. The molecule has 0 amide bonds. The first kappa shape index (κ1) is 13.0. The maximum atomic E-state index is 5.46. The molecule has 0 radical (unpaired) electrons. The predicted octanol–water partition coefficient (Wildman–Crippen LogP) is 2.67. The summed E-state index contributed by atoms with van der Waals surface area (Å²) in [6.07, 6.45) is 9.17. The standard InChI is InChI=1S/C14H19N3S/c1-2-8-16-14(18)17-10-4-3-7-13(17)12-6-5-9-15-11-12/h2,5-6,9,11,13H,1,3-4,7-8,10H2,(H,16,18)/t13-/m0/s1. The molecule has 2 heterocycles. The van der Waals surface area contributed by atoms with Crippen LogP contribution in [0.4, 0.5) is 0 Å². The molecule has 1 aliphatic heterocycles. The maximum Gasteiger partial charge on any atom is 0.169 e. The summed E-state index contributed by atoms with van der Waals surface area (Å²) in [5.41, 5.74) is 1.25. The van der Waals surface area contributed by atoms with E-state index >= 15 is 0 Å². The lowest BCUT2D eigenvalue weighted by atomic mass is 9.97. The van der Waals surface area contributed by atoms with Gasteiger partial charge in [0.2, 0.25) is 0 Å². The highest BCUT2D eigenvalue weighted by atomic mass is 32.1. The molecule has 0 spiro atoms. The smallest absolute Gasteiger partial charge is 0.169 e. The first-order valence-corrected chi connectivity index (χ1v) is 6.79. The Morgan fingerprint density at radius 3 is 3.22 bits per heavy atom. The molecule has 1 aromatic rings. The molecule has 1 atom stereocenters. The minimum absolute atomic E-state index is 0.359. The zero-order valence-corrected chi connectivity index (χ0v) is 11.3. The lowest BCUT2D eigenvalue weighted by Gasteiger charge is -2.37. The van der Waals surface area contributed by atoms with Crippen molar-refractivity contribution in [3.05, 3.63) is 42.7 Å².